The first-order valence-corrected chi connectivity index (χ1v) is 6.46. The smallest absolute Gasteiger partial charge is 0.210 e. The van der Waals surface area contributed by atoms with Crippen molar-refractivity contribution >= 4 is 21.2 Å². The van der Waals surface area contributed by atoms with Gasteiger partial charge < -0.3 is 3.87 Å². The van der Waals surface area contributed by atoms with Crippen molar-refractivity contribution in [1.82, 2.24) is 0 Å². The van der Waals surface area contributed by atoms with E-state index in [2.05, 4.69) is 33.7 Å². The average Bonchev–Trinajstić information content (AvgIpc) is 1.95. The molecule has 0 unspecified atom stereocenters. The molecular weight excluding hydrogens is 148 g/mol. The molecule has 0 atom stereocenters. The van der Waals surface area contributed by atoms with Crippen LogP contribution in [0, 0.1) is 0 Å². The molecule has 0 aromatic heterocycles. The van der Waals surface area contributed by atoms with Gasteiger partial charge in [-0.05, 0) is 31.0 Å². The van der Waals surface area contributed by atoms with Gasteiger partial charge in [0.15, 0.2) is 0 Å². The predicted molar refractivity (Wildman–Crippen MR) is 47.3 cm³/mol. The van der Waals surface area contributed by atoms with Crippen LogP contribution >= 0.6 is 12.9 Å². The van der Waals surface area contributed by atoms with Crippen LogP contribution in [0.5, 0.6) is 0 Å². The second kappa shape index (κ2) is 4.36. The van der Waals surface area contributed by atoms with E-state index < -0.39 is 8.32 Å². The fourth-order valence-electron chi connectivity index (χ4n) is 0.944. The summed E-state index contributed by atoms with van der Waals surface area (Å²) in [6.45, 7) is 6.57. The second-order valence-corrected chi connectivity index (χ2v) is 7.55. The third-order valence-corrected chi connectivity index (χ3v) is 7.54. The average molecular weight is 164 g/mol. The Morgan fingerprint density at radius 3 is 1.44 bits per heavy atom. The molecule has 0 rings (SSSR count). The molecule has 0 bridgehead atoms. The lowest BCUT2D eigenvalue weighted by atomic mass is 10.9. The lowest BCUT2D eigenvalue weighted by Crippen LogP contribution is -2.32. The summed E-state index contributed by atoms with van der Waals surface area (Å²) in [6.07, 6.45) is 0. The van der Waals surface area contributed by atoms with Crippen molar-refractivity contribution in [1.29, 1.82) is 0 Å². The van der Waals surface area contributed by atoms with Crippen LogP contribution in [0.3, 0.4) is 0 Å². The highest BCUT2D eigenvalue weighted by Crippen LogP contribution is 2.22. The van der Waals surface area contributed by atoms with Crippen LogP contribution in [0.2, 0.25) is 18.1 Å². The van der Waals surface area contributed by atoms with Crippen molar-refractivity contribution in [3.8, 4) is 0 Å². The number of hydrogen-bond acceptors (Lipinski definition) is 2. The monoisotopic (exact) mass is 164 g/mol. The predicted octanol–water partition coefficient (Wildman–Crippen LogP) is 2.85. The van der Waals surface area contributed by atoms with Gasteiger partial charge in [-0.15, -0.1) is 0 Å². The van der Waals surface area contributed by atoms with Gasteiger partial charge in [0.2, 0.25) is 8.32 Å². The Morgan fingerprint density at radius 1 is 1.11 bits per heavy atom. The summed E-state index contributed by atoms with van der Waals surface area (Å²) >= 11 is 3.90. The number of thiol groups is 1. The zero-order valence-corrected chi connectivity index (χ0v) is 8.37. The maximum absolute atomic E-state index is 5.22. The Labute approximate surface area is 64.5 Å². The van der Waals surface area contributed by atoms with E-state index in [1.54, 1.807) is 0 Å². The Kier molecular flexibility index (Phi) is 4.61. The van der Waals surface area contributed by atoms with E-state index >= 15 is 0 Å². The van der Waals surface area contributed by atoms with E-state index in [-0.39, 0.29) is 0 Å². The third-order valence-electron chi connectivity index (χ3n) is 2.13. The lowest BCUT2D eigenvalue weighted by Gasteiger charge is -2.23. The molecule has 0 aromatic rings. The first-order valence-electron chi connectivity index (χ1n) is 3.57. The normalized spacial score (nSPS) is 12.0. The van der Waals surface area contributed by atoms with Crippen molar-refractivity contribution < 1.29 is 3.87 Å². The van der Waals surface area contributed by atoms with Crippen LogP contribution in [-0.2, 0) is 3.87 Å². The fourth-order valence-corrected chi connectivity index (χ4v) is 3.99. The maximum atomic E-state index is 5.22. The van der Waals surface area contributed by atoms with E-state index in [9.17, 15) is 0 Å². The highest BCUT2D eigenvalue weighted by Gasteiger charge is 2.27. The maximum Gasteiger partial charge on any atom is 0.210 e. The molecule has 0 saturated heterocycles. The van der Waals surface area contributed by atoms with Crippen LogP contribution in [0.4, 0.5) is 0 Å². The molecule has 0 saturated carbocycles. The molecule has 56 valence electrons. The van der Waals surface area contributed by atoms with Gasteiger partial charge in [0.25, 0.3) is 0 Å². The van der Waals surface area contributed by atoms with Gasteiger partial charge in [-0.25, -0.2) is 0 Å². The van der Waals surface area contributed by atoms with Gasteiger partial charge in [0.1, 0.15) is 0 Å². The van der Waals surface area contributed by atoms with E-state index in [1.807, 2.05) is 0 Å². The Balaban J connectivity index is 3.82. The summed E-state index contributed by atoms with van der Waals surface area (Å²) in [5.41, 5.74) is 0. The fraction of sp³-hybridized carbons (Fsp3) is 1.00. The van der Waals surface area contributed by atoms with Gasteiger partial charge >= 0.3 is 0 Å². The largest absolute Gasteiger partial charge is 0.359 e. The van der Waals surface area contributed by atoms with E-state index in [1.165, 1.54) is 18.1 Å². The molecule has 0 heterocycles. The quantitative estimate of drug-likeness (QED) is 0.382. The molecule has 9 heavy (non-hydrogen) atoms. The molecule has 3 heteroatoms. The van der Waals surface area contributed by atoms with Gasteiger partial charge in [0, 0.05) is 0 Å². The molecule has 0 aliphatic rings. The molecule has 0 aliphatic heterocycles. The minimum Gasteiger partial charge on any atom is -0.359 e. The first kappa shape index (κ1) is 9.53. The number of hydrogen-bond donors (Lipinski definition) is 1. The van der Waals surface area contributed by atoms with E-state index in [0.717, 1.165) is 0 Å². The molecule has 0 N–H and O–H groups in total. The van der Waals surface area contributed by atoms with E-state index in [0.29, 0.717) is 0 Å². The van der Waals surface area contributed by atoms with Gasteiger partial charge in [0.05, 0.1) is 0 Å². The molecular formula is C6H16OSSi. The second-order valence-electron chi connectivity index (χ2n) is 2.33. The Bertz CT molecular complexity index is 55.9. The topological polar surface area (TPSA) is 9.23 Å². The summed E-state index contributed by atoms with van der Waals surface area (Å²) in [5, 5.41) is 0. The van der Waals surface area contributed by atoms with Crippen LogP contribution < -0.4 is 0 Å². The zero-order valence-electron chi connectivity index (χ0n) is 6.48. The minimum absolute atomic E-state index is 1.18. The highest BCUT2D eigenvalue weighted by molar-refractivity contribution is 7.76. The zero-order chi connectivity index (χ0) is 7.33. The molecule has 0 fully saturated rings. The van der Waals surface area contributed by atoms with Crippen molar-refractivity contribution in [2.75, 3.05) is 0 Å². The summed E-state index contributed by atoms with van der Waals surface area (Å²) in [6, 6.07) is 3.55. The Morgan fingerprint density at radius 2 is 1.44 bits per heavy atom. The minimum atomic E-state index is -1.33. The molecule has 0 spiro atoms. The molecule has 0 radical (unpaired) electrons. The van der Waals surface area contributed by atoms with Gasteiger partial charge in [-0.2, -0.15) is 0 Å². The highest BCUT2D eigenvalue weighted by atomic mass is 32.1. The van der Waals surface area contributed by atoms with Crippen molar-refractivity contribution in [2.24, 2.45) is 0 Å². The van der Waals surface area contributed by atoms with Crippen LogP contribution in [0.1, 0.15) is 20.8 Å². The third kappa shape index (κ3) is 2.31. The lowest BCUT2D eigenvalue weighted by molar-refractivity contribution is 0.627. The SMILES string of the molecule is CC[Si](CC)(CC)OS. The van der Waals surface area contributed by atoms with Crippen LogP contribution in [-0.4, -0.2) is 8.32 Å². The van der Waals surface area contributed by atoms with Crippen LogP contribution in [0.15, 0.2) is 0 Å². The summed E-state index contributed by atoms with van der Waals surface area (Å²) in [5.74, 6) is 0. The molecule has 0 amide bonds. The first-order chi connectivity index (χ1) is 4.24. The molecule has 0 aliphatic carbocycles. The summed E-state index contributed by atoms with van der Waals surface area (Å²) in [4.78, 5) is 0. The Hall–Kier alpha value is 0.527. The van der Waals surface area contributed by atoms with Gasteiger partial charge in [-0.1, -0.05) is 20.8 Å². The van der Waals surface area contributed by atoms with Gasteiger partial charge in [-0.3, -0.25) is 0 Å². The van der Waals surface area contributed by atoms with Crippen molar-refractivity contribution in [2.45, 2.75) is 38.9 Å². The molecule has 1 nitrogen and oxygen atoms in total. The summed E-state index contributed by atoms with van der Waals surface area (Å²) < 4.78 is 5.22. The number of rotatable bonds is 4. The summed E-state index contributed by atoms with van der Waals surface area (Å²) in [7, 11) is -1.33. The van der Waals surface area contributed by atoms with E-state index in [4.69, 9.17) is 3.87 Å². The van der Waals surface area contributed by atoms with Crippen LogP contribution in [0.25, 0.3) is 0 Å². The standard InChI is InChI=1S/C6H16OSSi/c1-4-9(5-2,6-3)7-8/h8H,4-6H2,1-3H3. The van der Waals surface area contributed by atoms with Crippen molar-refractivity contribution in [3.63, 3.8) is 0 Å². The van der Waals surface area contributed by atoms with Crippen molar-refractivity contribution in [3.05, 3.63) is 0 Å². The molecule has 0 aromatic carbocycles.